The molecule has 2 aromatic rings. The first kappa shape index (κ1) is 14.7. The summed E-state index contributed by atoms with van der Waals surface area (Å²) in [5.74, 6) is -0.167. The highest BCUT2D eigenvalue weighted by Crippen LogP contribution is 2.36. The number of aryl methyl sites for hydroxylation is 2. The molecule has 0 saturated heterocycles. The summed E-state index contributed by atoms with van der Waals surface area (Å²) in [6, 6.07) is 5.38. The van der Waals surface area contributed by atoms with Crippen LogP contribution in [-0.4, -0.2) is 6.54 Å². The molecule has 1 heterocycles. The fourth-order valence-electron chi connectivity index (χ4n) is 2.42. The fraction of sp³-hybridized carbons (Fsp3) is 0.333. The van der Waals surface area contributed by atoms with Crippen LogP contribution in [0.2, 0.25) is 0 Å². The average Bonchev–Trinajstić information content (AvgIpc) is 2.73. The van der Waals surface area contributed by atoms with Crippen LogP contribution in [0.15, 0.2) is 28.1 Å². The predicted octanol–water partition coefficient (Wildman–Crippen LogP) is 4.97. The molecule has 2 rings (SSSR count). The van der Waals surface area contributed by atoms with Gasteiger partial charge in [-0.1, -0.05) is 6.92 Å². The summed E-state index contributed by atoms with van der Waals surface area (Å²) >= 11 is 5.31. The van der Waals surface area contributed by atoms with Crippen molar-refractivity contribution in [2.75, 3.05) is 6.54 Å². The van der Waals surface area contributed by atoms with E-state index in [9.17, 15) is 4.39 Å². The fourth-order valence-corrected chi connectivity index (χ4v) is 4.10. The largest absolute Gasteiger partial charge is 0.306 e. The second-order valence-electron chi connectivity index (χ2n) is 4.58. The molecule has 102 valence electrons. The van der Waals surface area contributed by atoms with Crippen LogP contribution in [0.1, 0.15) is 34.5 Å². The Morgan fingerprint density at radius 2 is 1.95 bits per heavy atom. The SMILES string of the molecule is CCNC(c1sccc1Br)c1c(C)cc(F)cc1C. The lowest BCUT2D eigenvalue weighted by atomic mass is 9.95. The summed E-state index contributed by atoms with van der Waals surface area (Å²) in [6.45, 7) is 6.89. The van der Waals surface area contributed by atoms with Crippen LogP contribution < -0.4 is 5.32 Å². The zero-order valence-electron chi connectivity index (χ0n) is 11.3. The van der Waals surface area contributed by atoms with Gasteiger partial charge in [-0.25, -0.2) is 4.39 Å². The van der Waals surface area contributed by atoms with Crippen LogP contribution in [0, 0.1) is 19.7 Å². The zero-order chi connectivity index (χ0) is 14.0. The van der Waals surface area contributed by atoms with Crippen LogP contribution in [0.4, 0.5) is 4.39 Å². The molecule has 19 heavy (non-hydrogen) atoms. The third-order valence-electron chi connectivity index (χ3n) is 3.16. The Bertz CT molecular complexity index is 556. The topological polar surface area (TPSA) is 12.0 Å². The van der Waals surface area contributed by atoms with Gasteiger partial charge in [-0.05, 0) is 76.6 Å². The number of hydrogen-bond acceptors (Lipinski definition) is 2. The van der Waals surface area contributed by atoms with Gasteiger partial charge >= 0.3 is 0 Å². The maximum absolute atomic E-state index is 13.5. The van der Waals surface area contributed by atoms with E-state index >= 15 is 0 Å². The second-order valence-corrected chi connectivity index (χ2v) is 6.38. The molecule has 0 spiro atoms. The Morgan fingerprint density at radius 3 is 2.42 bits per heavy atom. The summed E-state index contributed by atoms with van der Waals surface area (Å²) < 4.78 is 14.6. The molecule has 1 nitrogen and oxygen atoms in total. The number of hydrogen-bond donors (Lipinski definition) is 1. The maximum Gasteiger partial charge on any atom is 0.123 e. The van der Waals surface area contributed by atoms with Crippen molar-refractivity contribution in [2.24, 2.45) is 0 Å². The highest BCUT2D eigenvalue weighted by Gasteiger charge is 2.21. The molecule has 1 unspecified atom stereocenters. The van der Waals surface area contributed by atoms with E-state index in [0.29, 0.717) is 0 Å². The quantitative estimate of drug-likeness (QED) is 0.828. The number of halogens is 2. The molecule has 1 aromatic carbocycles. The highest BCUT2D eigenvalue weighted by atomic mass is 79.9. The molecule has 0 aliphatic rings. The van der Waals surface area contributed by atoms with Crippen LogP contribution in [0.5, 0.6) is 0 Å². The third-order valence-corrected chi connectivity index (χ3v) is 5.10. The van der Waals surface area contributed by atoms with Crippen molar-refractivity contribution >= 4 is 27.3 Å². The lowest BCUT2D eigenvalue weighted by molar-refractivity contribution is 0.609. The van der Waals surface area contributed by atoms with Crippen LogP contribution in [0.25, 0.3) is 0 Å². The summed E-state index contributed by atoms with van der Waals surface area (Å²) in [5.41, 5.74) is 3.15. The molecular weight excluding hydrogens is 325 g/mol. The Hall–Kier alpha value is -0.710. The minimum Gasteiger partial charge on any atom is -0.306 e. The van der Waals surface area contributed by atoms with Gasteiger partial charge in [-0.3, -0.25) is 0 Å². The van der Waals surface area contributed by atoms with Crippen molar-refractivity contribution in [1.82, 2.24) is 5.32 Å². The lowest BCUT2D eigenvalue weighted by Crippen LogP contribution is -2.23. The molecule has 1 N–H and O–H groups in total. The first-order valence-corrected chi connectivity index (χ1v) is 7.94. The van der Waals surface area contributed by atoms with Gasteiger partial charge in [-0.15, -0.1) is 11.3 Å². The first-order valence-electron chi connectivity index (χ1n) is 6.27. The predicted molar refractivity (Wildman–Crippen MR) is 83.4 cm³/mol. The van der Waals surface area contributed by atoms with Gasteiger partial charge in [0.1, 0.15) is 5.82 Å². The van der Waals surface area contributed by atoms with Gasteiger partial charge in [0.2, 0.25) is 0 Å². The van der Waals surface area contributed by atoms with Crippen molar-refractivity contribution in [3.05, 3.63) is 55.4 Å². The van der Waals surface area contributed by atoms with E-state index < -0.39 is 0 Å². The monoisotopic (exact) mass is 341 g/mol. The Balaban J connectivity index is 2.54. The van der Waals surface area contributed by atoms with Gasteiger partial charge in [0.25, 0.3) is 0 Å². The van der Waals surface area contributed by atoms with Crippen molar-refractivity contribution in [3.8, 4) is 0 Å². The molecule has 0 saturated carbocycles. The number of rotatable bonds is 4. The number of nitrogens with one attached hydrogen (secondary N) is 1. The molecule has 0 fully saturated rings. The van der Waals surface area contributed by atoms with Crippen LogP contribution in [0.3, 0.4) is 0 Å². The van der Waals surface area contributed by atoms with E-state index in [2.05, 4.69) is 39.6 Å². The van der Waals surface area contributed by atoms with Crippen molar-refractivity contribution < 1.29 is 4.39 Å². The number of benzene rings is 1. The Labute approximate surface area is 126 Å². The van der Waals surface area contributed by atoms with Gasteiger partial charge < -0.3 is 5.32 Å². The summed E-state index contributed by atoms with van der Waals surface area (Å²) in [6.07, 6.45) is 0. The highest BCUT2D eigenvalue weighted by molar-refractivity contribution is 9.10. The summed E-state index contributed by atoms with van der Waals surface area (Å²) in [7, 11) is 0. The Morgan fingerprint density at radius 1 is 1.32 bits per heavy atom. The minimum absolute atomic E-state index is 0.111. The smallest absolute Gasteiger partial charge is 0.123 e. The molecule has 0 aliphatic heterocycles. The van der Waals surface area contributed by atoms with E-state index in [-0.39, 0.29) is 11.9 Å². The zero-order valence-corrected chi connectivity index (χ0v) is 13.7. The maximum atomic E-state index is 13.5. The third kappa shape index (κ3) is 3.07. The van der Waals surface area contributed by atoms with Gasteiger partial charge in [0, 0.05) is 9.35 Å². The molecule has 1 aromatic heterocycles. The van der Waals surface area contributed by atoms with Crippen molar-refractivity contribution in [3.63, 3.8) is 0 Å². The minimum atomic E-state index is -0.167. The molecule has 0 bridgehead atoms. The van der Waals surface area contributed by atoms with E-state index in [1.165, 1.54) is 10.4 Å². The van der Waals surface area contributed by atoms with E-state index in [1.807, 2.05) is 13.8 Å². The standard InChI is InChI=1S/C15H17BrFNS/c1-4-18-14(15-12(16)5-6-19-15)13-9(2)7-11(17)8-10(13)3/h5-8,14,18H,4H2,1-3H3. The van der Waals surface area contributed by atoms with Gasteiger partial charge in [0.15, 0.2) is 0 Å². The summed E-state index contributed by atoms with van der Waals surface area (Å²) in [4.78, 5) is 1.24. The Kier molecular flexibility index (Phi) is 4.76. The molecule has 0 radical (unpaired) electrons. The molecule has 4 heteroatoms. The summed E-state index contributed by atoms with van der Waals surface area (Å²) in [5, 5.41) is 5.57. The molecule has 0 amide bonds. The van der Waals surface area contributed by atoms with E-state index in [4.69, 9.17) is 0 Å². The van der Waals surface area contributed by atoms with Crippen molar-refractivity contribution in [1.29, 1.82) is 0 Å². The van der Waals surface area contributed by atoms with E-state index in [0.717, 1.165) is 22.1 Å². The normalized spacial score (nSPS) is 12.7. The van der Waals surface area contributed by atoms with Gasteiger partial charge in [0.05, 0.1) is 6.04 Å². The lowest BCUT2D eigenvalue weighted by Gasteiger charge is -2.22. The van der Waals surface area contributed by atoms with E-state index in [1.54, 1.807) is 23.5 Å². The second kappa shape index (κ2) is 6.16. The molecular formula is C15H17BrFNS. The van der Waals surface area contributed by atoms with Crippen molar-refractivity contribution in [2.45, 2.75) is 26.8 Å². The molecule has 0 aliphatic carbocycles. The number of thiophene rings is 1. The van der Waals surface area contributed by atoms with Crippen LogP contribution in [-0.2, 0) is 0 Å². The first-order chi connectivity index (χ1) is 9.04. The van der Waals surface area contributed by atoms with Gasteiger partial charge in [-0.2, -0.15) is 0 Å². The molecule has 1 atom stereocenters. The van der Waals surface area contributed by atoms with Crippen LogP contribution >= 0.6 is 27.3 Å². The average molecular weight is 342 g/mol.